The number of rotatable bonds is 14. The van der Waals surface area contributed by atoms with Crippen LogP contribution in [-0.2, 0) is 33.4 Å². The number of nitrogens with zero attached hydrogens (tertiary/aromatic N) is 2. The van der Waals surface area contributed by atoms with Gasteiger partial charge in [-0.3, -0.25) is 28.9 Å². The molecule has 0 radical (unpaired) electrons. The average molecular weight is 653 g/mol. The van der Waals surface area contributed by atoms with E-state index in [0.29, 0.717) is 11.3 Å². The predicted molar refractivity (Wildman–Crippen MR) is 135 cm³/mol. The third-order valence-corrected chi connectivity index (χ3v) is 6.57. The number of methoxy groups -OCH3 is 1. The van der Waals surface area contributed by atoms with Crippen molar-refractivity contribution in [2.75, 3.05) is 26.8 Å². The second-order valence-corrected chi connectivity index (χ2v) is 10.3. The minimum atomic E-state index is -6.62. The minimum Gasteiger partial charge on any atom is -0.469 e. The molecular weight excluding hydrogens is 617 g/mol. The summed E-state index contributed by atoms with van der Waals surface area (Å²) in [6.07, 6.45) is -8.43. The molecule has 12 nitrogen and oxygen atoms in total. The molecule has 0 saturated carbocycles. The van der Waals surface area contributed by atoms with E-state index in [0.717, 1.165) is 12.0 Å². The van der Waals surface area contributed by atoms with E-state index in [2.05, 4.69) is 20.1 Å². The number of nitrogens with one attached hydrogen (secondary N) is 2. The molecule has 1 rings (SSSR count). The van der Waals surface area contributed by atoms with Crippen molar-refractivity contribution in [3.8, 4) is 0 Å². The number of hydrogen-bond donors (Lipinski definition) is 2. The van der Waals surface area contributed by atoms with E-state index < -0.39 is 90.9 Å². The molecule has 0 aromatic rings. The summed E-state index contributed by atoms with van der Waals surface area (Å²) in [5, 5.41) is 4.73. The first-order chi connectivity index (χ1) is 20.1. The fraction of sp³-hybridized carbons (Fsp3) is 0.760. The van der Waals surface area contributed by atoms with Crippen molar-refractivity contribution < 1.29 is 69.0 Å². The smallest absolute Gasteiger partial charge is 0.460 e. The monoisotopic (exact) mass is 652 g/mol. The van der Waals surface area contributed by atoms with Crippen molar-refractivity contribution in [3.05, 3.63) is 0 Å². The lowest BCUT2D eigenvalue weighted by atomic mass is 10.1. The second-order valence-electron chi connectivity index (χ2n) is 10.3. The van der Waals surface area contributed by atoms with E-state index in [4.69, 9.17) is 0 Å². The molecule has 44 heavy (non-hydrogen) atoms. The number of ketones is 1. The number of carbonyl (C=O) groups is 6. The first kappa shape index (κ1) is 38.4. The standard InChI is InChI=1S/C25H35F7N4O8/c1-13(2)36(22(42)44-12-23(26,27)24(28,29)25(30,31)32)11-17(37)16-7-6-10-35(16)21(41)15(4)34-20(40)14(3)33-18(38)8-9-19(39)43-5/h13-16H,6-12H2,1-5H3,(H,33,38)(H,34,40). The van der Waals surface area contributed by atoms with Gasteiger partial charge in [-0.1, -0.05) is 0 Å². The minimum absolute atomic E-state index is 0.0557. The summed E-state index contributed by atoms with van der Waals surface area (Å²) in [5.41, 5.74) is 0. The Labute approximate surface area is 247 Å². The van der Waals surface area contributed by atoms with Crippen molar-refractivity contribution in [2.24, 2.45) is 0 Å². The number of amides is 4. The van der Waals surface area contributed by atoms with Gasteiger partial charge in [-0.05, 0) is 40.5 Å². The molecule has 2 N–H and O–H groups in total. The van der Waals surface area contributed by atoms with Gasteiger partial charge in [0.2, 0.25) is 17.7 Å². The molecule has 0 aromatic carbocycles. The molecule has 0 aliphatic carbocycles. The summed E-state index contributed by atoms with van der Waals surface area (Å²) in [6, 6.07) is -4.42. The van der Waals surface area contributed by atoms with Crippen LogP contribution in [0.3, 0.4) is 0 Å². The number of Topliss-reactive ketones (excluding diaryl/α,β-unsaturated/α-hetero) is 1. The molecule has 0 aromatic heterocycles. The summed E-state index contributed by atoms with van der Waals surface area (Å²) in [6.45, 7) is 1.79. The molecule has 1 fully saturated rings. The number of halogens is 7. The Morgan fingerprint density at radius 2 is 1.50 bits per heavy atom. The highest BCUT2D eigenvalue weighted by atomic mass is 19.4. The molecule has 3 unspecified atom stereocenters. The van der Waals surface area contributed by atoms with Gasteiger partial charge in [-0.25, -0.2) is 4.79 Å². The van der Waals surface area contributed by atoms with Crippen LogP contribution in [0.2, 0.25) is 0 Å². The summed E-state index contributed by atoms with van der Waals surface area (Å²) < 4.78 is 99.0. The molecule has 4 amide bonds. The van der Waals surface area contributed by atoms with Gasteiger partial charge < -0.3 is 25.0 Å². The maximum absolute atomic E-state index is 13.6. The first-order valence-corrected chi connectivity index (χ1v) is 13.3. The van der Waals surface area contributed by atoms with E-state index in [1.165, 1.54) is 27.7 Å². The zero-order valence-electron chi connectivity index (χ0n) is 24.6. The van der Waals surface area contributed by atoms with Crippen LogP contribution in [0.1, 0.15) is 53.4 Å². The Morgan fingerprint density at radius 3 is 2.02 bits per heavy atom. The molecule has 1 heterocycles. The first-order valence-electron chi connectivity index (χ1n) is 13.3. The lowest BCUT2D eigenvalue weighted by molar-refractivity contribution is -0.359. The number of hydrogen-bond acceptors (Lipinski definition) is 8. The summed E-state index contributed by atoms with van der Waals surface area (Å²) in [5.74, 6) is -15.8. The molecular formula is C25H35F7N4O8. The Kier molecular flexibility index (Phi) is 13.4. The van der Waals surface area contributed by atoms with Crippen LogP contribution in [0.5, 0.6) is 0 Å². The van der Waals surface area contributed by atoms with Crippen LogP contribution in [0, 0.1) is 0 Å². The lowest BCUT2D eigenvalue weighted by Crippen LogP contribution is -2.56. The van der Waals surface area contributed by atoms with Crippen molar-refractivity contribution in [3.63, 3.8) is 0 Å². The third kappa shape index (κ3) is 9.93. The van der Waals surface area contributed by atoms with Crippen molar-refractivity contribution >= 4 is 35.6 Å². The van der Waals surface area contributed by atoms with Gasteiger partial charge in [0.1, 0.15) is 12.1 Å². The molecule has 252 valence electrons. The molecule has 1 aliphatic heterocycles. The summed E-state index contributed by atoms with van der Waals surface area (Å²) in [4.78, 5) is 75.6. The van der Waals surface area contributed by atoms with E-state index in [1.807, 2.05) is 0 Å². The van der Waals surface area contributed by atoms with Crippen LogP contribution in [-0.4, -0.2) is 114 Å². The van der Waals surface area contributed by atoms with Gasteiger partial charge in [-0.15, -0.1) is 0 Å². The number of likely N-dealkylation sites (tertiary alicyclic amines) is 1. The normalized spacial score (nSPS) is 17.0. The largest absolute Gasteiger partial charge is 0.469 e. The Bertz CT molecular complexity index is 1090. The average Bonchev–Trinajstić information content (AvgIpc) is 3.41. The van der Waals surface area contributed by atoms with Crippen molar-refractivity contribution in [2.45, 2.75) is 95.6 Å². The maximum Gasteiger partial charge on any atom is 0.460 e. The van der Waals surface area contributed by atoms with Gasteiger partial charge >= 0.3 is 30.1 Å². The van der Waals surface area contributed by atoms with Crippen LogP contribution in [0.15, 0.2) is 0 Å². The highest BCUT2D eigenvalue weighted by Crippen LogP contribution is 2.46. The van der Waals surface area contributed by atoms with E-state index in [9.17, 15) is 59.5 Å². The number of carbonyl (C=O) groups excluding carboxylic acids is 6. The molecule has 1 saturated heterocycles. The van der Waals surface area contributed by atoms with E-state index in [-0.39, 0.29) is 25.8 Å². The van der Waals surface area contributed by atoms with Gasteiger partial charge in [0.05, 0.1) is 26.1 Å². The van der Waals surface area contributed by atoms with Gasteiger partial charge in [0, 0.05) is 19.0 Å². The predicted octanol–water partition coefficient (Wildman–Crippen LogP) is 2.19. The zero-order chi connectivity index (χ0) is 34.2. The van der Waals surface area contributed by atoms with Crippen LogP contribution >= 0.6 is 0 Å². The Hall–Kier alpha value is -3.67. The molecule has 0 bridgehead atoms. The maximum atomic E-state index is 13.6. The van der Waals surface area contributed by atoms with Crippen LogP contribution in [0.4, 0.5) is 35.5 Å². The topological polar surface area (TPSA) is 151 Å². The SMILES string of the molecule is COC(=O)CCC(=O)NC(C)C(=O)NC(C)C(=O)N1CCCC1C(=O)CN(C(=O)OCC(F)(F)C(F)(F)C(F)(F)F)C(C)C. The quantitative estimate of drug-likeness (QED) is 0.214. The second kappa shape index (κ2) is 15.4. The molecule has 1 aliphatic rings. The van der Waals surface area contributed by atoms with Gasteiger partial charge in [0.25, 0.3) is 0 Å². The molecule has 0 spiro atoms. The molecule has 19 heteroatoms. The lowest BCUT2D eigenvalue weighted by Gasteiger charge is -2.32. The van der Waals surface area contributed by atoms with Crippen molar-refractivity contribution in [1.29, 1.82) is 0 Å². The third-order valence-electron chi connectivity index (χ3n) is 6.57. The highest BCUT2D eigenvalue weighted by Gasteiger charge is 2.73. The Morgan fingerprint density at radius 1 is 0.909 bits per heavy atom. The van der Waals surface area contributed by atoms with E-state index >= 15 is 0 Å². The zero-order valence-corrected chi connectivity index (χ0v) is 24.6. The van der Waals surface area contributed by atoms with Crippen LogP contribution in [0.25, 0.3) is 0 Å². The van der Waals surface area contributed by atoms with Gasteiger partial charge in [-0.2, -0.15) is 30.7 Å². The summed E-state index contributed by atoms with van der Waals surface area (Å²) in [7, 11) is 1.14. The fourth-order valence-corrected chi connectivity index (χ4v) is 3.98. The molecule has 3 atom stereocenters. The van der Waals surface area contributed by atoms with Crippen molar-refractivity contribution in [1.82, 2.24) is 20.4 Å². The van der Waals surface area contributed by atoms with E-state index in [1.54, 1.807) is 0 Å². The fourth-order valence-electron chi connectivity index (χ4n) is 3.98. The number of esters is 1. The number of ether oxygens (including phenoxy) is 2. The highest BCUT2D eigenvalue weighted by molar-refractivity contribution is 5.96. The van der Waals surface area contributed by atoms with Gasteiger partial charge in [0.15, 0.2) is 12.4 Å². The van der Waals surface area contributed by atoms with Crippen LogP contribution < -0.4 is 10.6 Å². The Balaban J connectivity index is 2.83. The summed E-state index contributed by atoms with van der Waals surface area (Å²) >= 11 is 0. The number of alkyl halides is 7.